The zero-order chi connectivity index (χ0) is 12.0. The number of benzene rings is 1. The smallest absolute Gasteiger partial charge is 0.338 e. The van der Waals surface area contributed by atoms with E-state index in [2.05, 4.69) is 0 Å². The first-order valence-corrected chi connectivity index (χ1v) is 5.17. The first-order chi connectivity index (χ1) is 7.65. The zero-order valence-electron chi connectivity index (χ0n) is 9.66. The molecular formula is C12H17NO3. The number of anilines is 1. The van der Waals surface area contributed by atoms with E-state index in [9.17, 15) is 4.79 Å². The molecule has 4 heteroatoms. The van der Waals surface area contributed by atoms with E-state index >= 15 is 0 Å². The lowest BCUT2D eigenvalue weighted by atomic mass is 10.1. The first kappa shape index (κ1) is 12.5. The number of hydrogen-bond acceptors (Lipinski definition) is 4. The van der Waals surface area contributed by atoms with Gasteiger partial charge in [0.1, 0.15) is 0 Å². The van der Waals surface area contributed by atoms with Gasteiger partial charge in [0.05, 0.1) is 12.2 Å². The predicted octanol–water partition coefficient (Wildman–Crippen LogP) is 1.77. The number of carbonyl (C=O) groups excluding carboxylic acids is 1. The molecule has 88 valence electrons. The van der Waals surface area contributed by atoms with E-state index in [-0.39, 0.29) is 5.97 Å². The van der Waals surface area contributed by atoms with Gasteiger partial charge >= 0.3 is 5.97 Å². The van der Waals surface area contributed by atoms with Gasteiger partial charge in [0.2, 0.25) is 0 Å². The Morgan fingerprint density at radius 3 is 2.81 bits per heavy atom. The molecule has 0 aliphatic carbocycles. The monoisotopic (exact) mass is 223 g/mol. The molecule has 0 saturated heterocycles. The minimum atomic E-state index is -0.332. The number of rotatable bonds is 5. The van der Waals surface area contributed by atoms with Gasteiger partial charge in [-0.05, 0) is 24.6 Å². The SMILES string of the molecule is COCCCOC(=O)c1cc(N)ccc1C. The van der Waals surface area contributed by atoms with Crippen LogP contribution in [-0.2, 0) is 9.47 Å². The quantitative estimate of drug-likeness (QED) is 0.469. The molecule has 16 heavy (non-hydrogen) atoms. The van der Waals surface area contributed by atoms with E-state index < -0.39 is 0 Å². The molecule has 1 aromatic carbocycles. The van der Waals surface area contributed by atoms with Crippen molar-refractivity contribution in [2.75, 3.05) is 26.1 Å². The van der Waals surface area contributed by atoms with Crippen LogP contribution in [0.1, 0.15) is 22.3 Å². The van der Waals surface area contributed by atoms with Crippen LogP contribution in [0, 0.1) is 6.92 Å². The number of nitrogens with two attached hydrogens (primary N) is 1. The highest BCUT2D eigenvalue weighted by molar-refractivity contribution is 5.92. The summed E-state index contributed by atoms with van der Waals surface area (Å²) in [7, 11) is 1.61. The summed E-state index contributed by atoms with van der Waals surface area (Å²) in [6.07, 6.45) is 0.698. The molecule has 0 atom stereocenters. The van der Waals surface area contributed by atoms with Gasteiger partial charge in [0.25, 0.3) is 0 Å². The molecule has 0 unspecified atom stereocenters. The zero-order valence-corrected chi connectivity index (χ0v) is 9.66. The minimum Gasteiger partial charge on any atom is -0.462 e. The molecule has 0 amide bonds. The molecular weight excluding hydrogens is 206 g/mol. The fraction of sp³-hybridized carbons (Fsp3) is 0.417. The Bertz CT molecular complexity index is 363. The van der Waals surface area contributed by atoms with E-state index in [4.69, 9.17) is 15.2 Å². The number of nitrogen functional groups attached to an aromatic ring is 1. The fourth-order valence-corrected chi connectivity index (χ4v) is 1.31. The standard InChI is InChI=1S/C12H17NO3/c1-9-4-5-10(13)8-11(9)12(14)16-7-3-6-15-2/h4-5,8H,3,6-7,13H2,1-2H3. The Kier molecular flexibility index (Phi) is 4.79. The van der Waals surface area contributed by atoms with Crippen molar-refractivity contribution in [3.8, 4) is 0 Å². The molecule has 0 aromatic heterocycles. The van der Waals surface area contributed by atoms with Crippen LogP contribution in [0.5, 0.6) is 0 Å². The Morgan fingerprint density at radius 1 is 1.38 bits per heavy atom. The average Bonchev–Trinajstić information content (AvgIpc) is 2.27. The number of ether oxygens (including phenoxy) is 2. The van der Waals surface area contributed by atoms with Gasteiger partial charge in [0, 0.05) is 25.8 Å². The van der Waals surface area contributed by atoms with Crippen LogP contribution < -0.4 is 5.73 Å². The molecule has 0 heterocycles. The lowest BCUT2D eigenvalue weighted by Crippen LogP contribution is -2.09. The summed E-state index contributed by atoms with van der Waals surface area (Å²) in [5.74, 6) is -0.332. The van der Waals surface area contributed by atoms with Crippen molar-refractivity contribution in [2.45, 2.75) is 13.3 Å². The van der Waals surface area contributed by atoms with Gasteiger partial charge in [-0.3, -0.25) is 0 Å². The van der Waals surface area contributed by atoms with Crippen molar-refractivity contribution in [1.29, 1.82) is 0 Å². The van der Waals surface area contributed by atoms with Crippen molar-refractivity contribution in [2.24, 2.45) is 0 Å². The molecule has 0 bridgehead atoms. The maximum atomic E-state index is 11.7. The van der Waals surface area contributed by atoms with Crippen LogP contribution in [-0.4, -0.2) is 26.3 Å². The van der Waals surface area contributed by atoms with Crippen molar-refractivity contribution in [3.05, 3.63) is 29.3 Å². The van der Waals surface area contributed by atoms with E-state index in [0.29, 0.717) is 30.9 Å². The van der Waals surface area contributed by atoms with Crippen LogP contribution in [0.4, 0.5) is 5.69 Å². The molecule has 0 saturated carbocycles. The Hall–Kier alpha value is -1.55. The van der Waals surface area contributed by atoms with E-state index in [1.807, 2.05) is 6.92 Å². The molecule has 2 N–H and O–H groups in total. The first-order valence-electron chi connectivity index (χ1n) is 5.17. The van der Waals surface area contributed by atoms with Crippen LogP contribution in [0.2, 0.25) is 0 Å². The maximum Gasteiger partial charge on any atom is 0.338 e. The summed E-state index contributed by atoms with van der Waals surface area (Å²) in [6, 6.07) is 5.20. The normalized spacial score (nSPS) is 10.1. The second-order valence-corrected chi connectivity index (χ2v) is 3.56. The Morgan fingerprint density at radius 2 is 2.12 bits per heavy atom. The van der Waals surface area contributed by atoms with Crippen molar-refractivity contribution in [1.82, 2.24) is 0 Å². The van der Waals surface area contributed by atoms with Crippen molar-refractivity contribution in [3.63, 3.8) is 0 Å². The van der Waals surface area contributed by atoms with Crippen molar-refractivity contribution < 1.29 is 14.3 Å². The van der Waals surface area contributed by atoms with Crippen LogP contribution in [0.3, 0.4) is 0 Å². The highest BCUT2D eigenvalue weighted by atomic mass is 16.5. The van der Waals surface area contributed by atoms with E-state index in [1.54, 1.807) is 25.3 Å². The maximum absolute atomic E-state index is 11.7. The summed E-state index contributed by atoms with van der Waals surface area (Å²) in [4.78, 5) is 11.7. The van der Waals surface area contributed by atoms with E-state index in [0.717, 1.165) is 5.56 Å². The van der Waals surface area contributed by atoms with Gasteiger partial charge in [-0.1, -0.05) is 6.07 Å². The summed E-state index contributed by atoms with van der Waals surface area (Å²) in [6.45, 7) is 2.80. The summed E-state index contributed by atoms with van der Waals surface area (Å²) >= 11 is 0. The summed E-state index contributed by atoms with van der Waals surface area (Å²) in [5.41, 5.74) is 7.57. The highest BCUT2D eigenvalue weighted by Crippen LogP contribution is 2.13. The lowest BCUT2D eigenvalue weighted by Gasteiger charge is -2.07. The molecule has 0 spiro atoms. The lowest BCUT2D eigenvalue weighted by molar-refractivity contribution is 0.0467. The molecule has 1 aromatic rings. The van der Waals surface area contributed by atoms with Gasteiger partial charge in [-0.2, -0.15) is 0 Å². The number of esters is 1. The number of carbonyl (C=O) groups is 1. The largest absolute Gasteiger partial charge is 0.462 e. The second-order valence-electron chi connectivity index (χ2n) is 3.56. The predicted molar refractivity (Wildman–Crippen MR) is 62.4 cm³/mol. The molecule has 0 aliphatic rings. The van der Waals surface area contributed by atoms with Crippen LogP contribution in [0.25, 0.3) is 0 Å². The van der Waals surface area contributed by atoms with Gasteiger partial charge in [-0.25, -0.2) is 4.79 Å². The third-order valence-corrected chi connectivity index (χ3v) is 2.21. The average molecular weight is 223 g/mol. The fourth-order valence-electron chi connectivity index (χ4n) is 1.31. The third-order valence-electron chi connectivity index (χ3n) is 2.21. The van der Waals surface area contributed by atoms with Crippen molar-refractivity contribution >= 4 is 11.7 Å². The van der Waals surface area contributed by atoms with E-state index in [1.165, 1.54) is 0 Å². The minimum absolute atomic E-state index is 0.332. The van der Waals surface area contributed by atoms with Gasteiger partial charge in [-0.15, -0.1) is 0 Å². The molecule has 1 rings (SSSR count). The summed E-state index contributed by atoms with van der Waals surface area (Å²) in [5, 5.41) is 0. The van der Waals surface area contributed by atoms with Crippen LogP contribution in [0.15, 0.2) is 18.2 Å². The van der Waals surface area contributed by atoms with Gasteiger partial charge in [0.15, 0.2) is 0 Å². The van der Waals surface area contributed by atoms with Crippen LogP contribution >= 0.6 is 0 Å². The number of aryl methyl sites for hydroxylation is 1. The second kappa shape index (κ2) is 6.12. The van der Waals surface area contributed by atoms with Gasteiger partial charge < -0.3 is 15.2 Å². The Balaban J connectivity index is 2.55. The molecule has 4 nitrogen and oxygen atoms in total. The molecule has 0 fully saturated rings. The molecule has 0 radical (unpaired) electrons. The Labute approximate surface area is 95.3 Å². The molecule has 0 aliphatic heterocycles. The highest BCUT2D eigenvalue weighted by Gasteiger charge is 2.10. The topological polar surface area (TPSA) is 61.5 Å². The summed E-state index contributed by atoms with van der Waals surface area (Å²) < 4.78 is 9.95. The third kappa shape index (κ3) is 3.55. The number of methoxy groups -OCH3 is 1. The number of hydrogen-bond donors (Lipinski definition) is 1.